The van der Waals surface area contributed by atoms with Crippen molar-refractivity contribution in [3.05, 3.63) is 0 Å². The number of carbonyl (C=O) groups is 1. The number of hydrogen-bond acceptors (Lipinski definition) is 5. The van der Waals surface area contributed by atoms with Crippen LogP contribution in [-0.4, -0.2) is 53.4 Å². The lowest BCUT2D eigenvalue weighted by atomic mass is 9.82. The van der Waals surface area contributed by atoms with E-state index in [2.05, 4.69) is 10.6 Å². The molecule has 0 aromatic rings. The topological polar surface area (TPSA) is 102 Å². The zero-order valence-corrected chi connectivity index (χ0v) is 10.8. The molecule has 3 atom stereocenters. The molecule has 7 heteroatoms. The molecule has 0 aliphatic carbocycles. The monoisotopic (exact) mass is 258 g/mol. The van der Waals surface area contributed by atoms with Crippen molar-refractivity contribution in [2.45, 2.75) is 44.6 Å². The van der Waals surface area contributed by atoms with E-state index < -0.39 is 19.1 Å². The molecule has 6 nitrogen and oxygen atoms in total. The highest BCUT2D eigenvalue weighted by Gasteiger charge is 2.38. The Labute approximate surface area is 108 Å². The Bertz CT molecular complexity index is 265. The summed E-state index contributed by atoms with van der Waals surface area (Å²) >= 11 is 0. The Hall–Kier alpha value is -0.625. The summed E-state index contributed by atoms with van der Waals surface area (Å²) in [6.07, 6.45) is 2.66. The molecule has 1 aliphatic heterocycles. The maximum atomic E-state index is 11.1. The van der Waals surface area contributed by atoms with Crippen molar-refractivity contribution in [2.75, 3.05) is 13.1 Å². The maximum absolute atomic E-state index is 11.1. The Balaban J connectivity index is 2.42. The fraction of sp³-hybridized carbons (Fsp3) is 0.909. The van der Waals surface area contributed by atoms with E-state index in [4.69, 9.17) is 15.2 Å². The van der Waals surface area contributed by atoms with E-state index in [0.717, 1.165) is 19.4 Å². The van der Waals surface area contributed by atoms with Gasteiger partial charge in [-0.05, 0) is 19.3 Å². The highest BCUT2D eigenvalue weighted by Crippen LogP contribution is 2.23. The van der Waals surface area contributed by atoms with Gasteiger partial charge in [-0.3, -0.25) is 4.79 Å². The second-order valence-corrected chi connectivity index (χ2v) is 4.82. The Morgan fingerprint density at radius 2 is 2.17 bits per heavy atom. The van der Waals surface area contributed by atoms with Gasteiger partial charge in [0.15, 0.2) is 0 Å². The van der Waals surface area contributed by atoms with Crippen LogP contribution in [0.15, 0.2) is 0 Å². The lowest BCUT2D eigenvalue weighted by Crippen LogP contribution is -2.39. The SMILES string of the molecule is CCN[C@H]1CN[C@H](C(=O)O)[C@@H]1CCCCB(O)O. The summed E-state index contributed by atoms with van der Waals surface area (Å²) in [5.74, 6) is -0.735. The van der Waals surface area contributed by atoms with E-state index in [9.17, 15) is 4.79 Å². The van der Waals surface area contributed by atoms with Gasteiger partial charge in [-0.2, -0.15) is 0 Å². The third kappa shape index (κ3) is 4.57. The van der Waals surface area contributed by atoms with Crippen LogP contribution in [0.2, 0.25) is 6.32 Å². The van der Waals surface area contributed by atoms with Crippen molar-refractivity contribution in [1.82, 2.24) is 10.6 Å². The molecule has 0 unspecified atom stereocenters. The first-order valence-electron chi connectivity index (χ1n) is 6.62. The summed E-state index contributed by atoms with van der Waals surface area (Å²) in [4.78, 5) is 11.1. The molecule has 0 bridgehead atoms. The molecule has 1 heterocycles. The van der Waals surface area contributed by atoms with E-state index in [0.29, 0.717) is 19.3 Å². The molecule has 0 radical (unpaired) electrons. The van der Waals surface area contributed by atoms with Crippen LogP contribution in [-0.2, 0) is 4.79 Å². The van der Waals surface area contributed by atoms with Crippen LogP contribution in [0.5, 0.6) is 0 Å². The lowest BCUT2D eigenvalue weighted by molar-refractivity contribution is -0.140. The number of carboxylic acids is 1. The number of carboxylic acid groups (broad SMARTS) is 1. The van der Waals surface area contributed by atoms with Gasteiger partial charge in [0.25, 0.3) is 0 Å². The molecule has 1 saturated heterocycles. The Morgan fingerprint density at radius 1 is 1.44 bits per heavy atom. The van der Waals surface area contributed by atoms with Crippen LogP contribution in [0.25, 0.3) is 0 Å². The first-order valence-corrected chi connectivity index (χ1v) is 6.62. The second kappa shape index (κ2) is 7.73. The van der Waals surface area contributed by atoms with Crippen molar-refractivity contribution in [1.29, 1.82) is 0 Å². The van der Waals surface area contributed by atoms with Gasteiger partial charge in [0, 0.05) is 18.5 Å². The summed E-state index contributed by atoms with van der Waals surface area (Å²) < 4.78 is 0. The number of unbranched alkanes of at least 4 members (excludes halogenated alkanes) is 1. The zero-order valence-electron chi connectivity index (χ0n) is 10.8. The molecule has 104 valence electrons. The van der Waals surface area contributed by atoms with E-state index in [1.54, 1.807) is 0 Å². The molecule has 18 heavy (non-hydrogen) atoms. The average Bonchev–Trinajstić information content (AvgIpc) is 2.68. The van der Waals surface area contributed by atoms with Gasteiger partial charge in [0.05, 0.1) is 0 Å². The minimum absolute atomic E-state index is 0.0679. The third-order valence-corrected chi connectivity index (χ3v) is 3.48. The molecule has 0 spiro atoms. The van der Waals surface area contributed by atoms with Crippen LogP contribution in [0.4, 0.5) is 0 Å². The number of likely N-dealkylation sites (N-methyl/N-ethyl adjacent to an activating group) is 1. The number of aliphatic carboxylic acids is 1. The van der Waals surface area contributed by atoms with Gasteiger partial charge in [-0.25, -0.2) is 0 Å². The van der Waals surface area contributed by atoms with E-state index in [1.165, 1.54) is 0 Å². The van der Waals surface area contributed by atoms with Gasteiger partial charge in [-0.15, -0.1) is 0 Å². The second-order valence-electron chi connectivity index (χ2n) is 4.82. The number of hydrogen-bond donors (Lipinski definition) is 5. The minimum Gasteiger partial charge on any atom is -0.480 e. The summed E-state index contributed by atoms with van der Waals surface area (Å²) in [7, 11) is -1.26. The fourth-order valence-electron chi connectivity index (χ4n) is 2.62. The van der Waals surface area contributed by atoms with E-state index >= 15 is 0 Å². The quantitative estimate of drug-likeness (QED) is 0.291. The Morgan fingerprint density at radius 3 is 2.72 bits per heavy atom. The van der Waals surface area contributed by atoms with Crippen molar-refractivity contribution in [3.63, 3.8) is 0 Å². The summed E-state index contributed by atoms with van der Waals surface area (Å²) in [5.41, 5.74) is 0. The minimum atomic E-state index is -1.26. The zero-order chi connectivity index (χ0) is 13.5. The van der Waals surface area contributed by atoms with Crippen molar-refractivity contribution >= 4 is 13.1 Å². The number of nitrogens with one attached hydrogen (secondary N) is 2. The molecular formula is C11H23BN2O4. The van der Waals surface area contributed by atoms with Gasteiger partial charge >= 0.3 is 13.1 Å². The summed E-state index contributed by atoms with van der Waals surface area (Å²) in [5, 5.41) is 33.0. The molecule has 1 aliphatic rings. The van der Waals surface area contributed by atoms with Crippen molar-refractivity contribution in [2.24, 2.45) is 5.92 Å². The largest absolute Gasteiger partial charge is 0.480 e. The van der Waals surface area contributed by atoms with Gasteiger partial charge in [-0.1, -0.05) is 19.8 Å². The average molecular weight is 258 g/mol. The van der Waals surface area contributed by atoms with Crippen LogP contribution in [0.3, 0.4) is 0 Å². The molecular weight excluding hydrogens is 235 g/mol. The molecule has 0 saturated carbocycles. The van der Waals surface area contributed by atoms with Crippen molar-refractivity contribution < 1.29 is 19.9 Å². The van der Waals surface area contributed by atoms with Crippen LogP contribution in [0, 0.1) is 5.92 Å². The van der Waals surface area contributed by atoms with E-state index in [-0.39, 0.29) is 12.0 Å². The molecule has 0 aromatic heterocycles. The Kier molecular flexibility index (Phi) is 6.63. The smallest absolute Gasteiger partial charge is 0.451 e. The highest BCUT2D eigenvalue weighted by atomic mass is 16.4. The predicted molar refractivity (Wildman–Crippen MR) is 69.2 cm³/mol. The molecule has 1 rings (SSSR count). The third-order valence-electron chi connectivity index (χ3n) is 3.48. The van der Waals surface area contributed by atoms with Crippen LogP contribution >= 0.6 is 0 Å². The fourth-order valence-corrected chi connectivity index (χ4v) is 2.62. The highest BCUT2D eigenvalue weighted by molar-refractivity contribution is 6.40. The lowest BCUT2D eigenvalue weighted by Gasteiger charge is -2.22. The maximum Gasteiger partial charge on any atom is 0.451 e. The van der Waals surface area contributed by atoms with Crippen molar-refractivity contribution in [3.8, 4) is 0 Å². The molecule has 1 fully saturated rings. The summed E-state index contributed by atoms with van der Waals surface area (Å²) in [6.45, 7) is 3.51. The predicted octanol–water partition coefficient (Wildman–Crippen LogP) is -0.720. The van der Waals surface area contributed by atoms with E-state index in [1.807, 2.05) is 6.92 Å². The van der Waals surface area contributed by atoms with Gasteiger partial charge in [0.2, 0.25) is 0 Å². The van der Waals surface area contributed by atoms with Gasteiger partial charge in [0.1, 0.15) is 6.04 Å². The van der Waals surface area contributed by atoms with Crippen LogP contribution in [0.1, 0.15) is 26.2 Å². The molecule has 5 N–H and O–H groups in total. The first kappa shape index (κ1) is 15.4. The molecule has 0 aromatic carbocycles. The molecule has 0 amide bonds. The summed E-state index contributed by atoms with van der Waals surface area (Å²) in [6, 6.07) is -0.303. The normalized spacial score (nSPS) is 27.4. The van der Waals surface area contributed by atoms with Crippen LogP contribution < -0.4 is 10.6 Å². The standard InChI is InChI=1S/C11H23BN2O4/c1-2-13-9-7-14-10(11(15)16)8(9)5-3-4-6-12(17)18/h8-10,13-14,17-18H,2-7H2,1H3,(H,15,16)/t8-,9+,10+/m1/s1. The van der Waals surface area contributed by atoms with Gasteiger partial charge < -0.3 is 25.8 Å². The first-order chi connectivity index (χ1) is 8.56. The number of rotatable bonds is 8.